The lowest BCUT2D eigenvalue weighted by Crippen LogP contribution is -2.30. The van der Waals surface area contributed by atoms with Crippen molar-refractivity contribution in [2.45, 2.75) is 23.9 Å². The highest BCUT2D eigenvalue weighted by molar-refractivity contribution is 6.20. The average molecular weight is 212 g/mol. The summed E-state index contributed by atoms with van der Waals surface area (Å²) in [7, 11) is 0. The van der Waals surface area contributed by atoms with Crippen molar-refractivity contribution in [3.63, 3.8) is 0 Å². The first-order valence-corrected chi connectivity index (χ1v) is 5.31. The van der Waals surface area contributed by atoms with Gasteiger partial charge in [0.25, 0.3) is 0 Å². The lowest BCUT2D eigenvalue weighted by Gasteiger charge is -2.11. The summed E-state index contributed by atoms with van der Waals surface area (Å²) in [6.45, 7) is 0.901. The number of alkyl halides is 1. The molecule has 1 aliphatic heterocycles. The number of aliphatic hydroxyl groups is 1. The second-order valence-corrected chi connectivity index (χ2v) is 4.18. The monoisotopic (exact) mass is 211 g/mol. The first-order chi connectivity index (χ1) is 6.77. The summed E-state index contributed by atoms with van der Waals surface area (Å²) in [5, 5.41) is 12.4. The Morgan fingerprint density at radius 3 is 2.64 bits per heavy atom. The van der Waals surface area contributed by atoms with E-state index in [1.54, 1.807) is 0 Å². The molecule has 0 bridgehead atoms. The molecule has 1 aliphatic rings. The molecule has 2 nitrogen and oxygen atoms in total. The molecule has 1 aromatic carbocycles. The lowest BCUT2D eigenvalue weighted by molar-refractivity contribution is 0.212. The highest BCUT2D eigenvalue weighted by atomic mass is 35.5. The third-order valence-electron chi connectivity index (χ3n) is 2.77. The zero-order chi connectivity index (χ0) is 9.97. The van der Waals surface area contributed by atoms with Gasteiger partial charge < -0.3 is 10.4 Å². The van der Waals surface area contributed by atoms with Crippen LogP contribution in [0.15, 0.2) is 30.3 Å². The maximum Gasteiger partial charge on any atom is 0.143 e. The Morgan fingerprint density at radius 1 is 1.36 bits per heavy atom. The summed E-state index contributed by atoms with van der Waals surface area (Å²) in [4.78, 5) is 0. The number of aliphatic hydroxyl groups excluding tert-OH is 1. The van der Waals surface area contributed by atoms with E-state index in [4.69, 9.17) is 11.6 Å². The number of hydrogen-bond donors (Lipinski definition) is 2. The van der Waals surface area contributed by atoms with Crippen molar-refractivity contribution in [1.82, 2.24) is 5.32 Å². The van der Waals surface area contributed by atoms with Crippen LogP contribution in [0, 0.1) is 0 Å². The van der Waals surface area contributed by atoms with Crippen LogP contribution in [0.25, 0.3) is 0 Å². The fourth-order valence-corrected chi connectivity index (χ4v) is 2.15. The van der Waals surface area contributed by atoms with Crippen LogP contribution in [-0.2, 0) is 0 Å². The number of hydrogen-bond acceptors (Lipinski definition) is 2. The van der Waals surface area contributed by atoms with Gasteiger partial charge in [-0.15, -0.1) is 0 Å². The second-order valence-electron chi connectivity index (χ2n) is 3.73. The Kier molecular flexibility index (Phi) is 3.06. The van der Waals surface area contributed by atoms with Crippen LogP contribution in [0.3, 0.4) is 0 Å². The fourth-order valence-electron chi connectivity index (χ4n) is 1.96. The molecule has 14 heavy (non-hydrogen) atoms. The summed E-state index contributed by atoms with van der Waals surface area (Å²) in [6, 6.07) is 10.4. The molecule has 0 spiro atoms. The zero-order valence-corrected chi connectivity index (χ0v) is 8.61. The van der Waals surface area contributed by atoms with Crippen LogP contribution in [0.4, 0.5) is 0 Å². The quantitative estimate of drug-likeness (QED) is 0.730. The van der Waals surface area contributed by atoms with Crippen molar-refractivity contribution in [2.24, 2.45) is 0 Å². The van der Waals surface area contributed by atoms with Gasteiger partial charge in [0.15, 0.2) is 0 Å². The predicted molar refractivity (Wildman–Crippen MR) is 57.5 cm³/mol. The maximum atomic E-state index is 9.22. The smallest absolute Gasteiger partial charge is 0.143 e. The predicted octanol–water partition coefficient (Wildman–Crippen LogP) is 1.69. The molecule has 1 aromatic rings. The molecule has 0 aliphatic carbocycles. The molecule has 3 atom stereocenters. The first-order valence-electron chi connectivity index (χ1n) is 4.88. The second kappa shape index (κ2) is 4.30. The standard InChI is InChI=1S/C11H14ClNO/c12-11(14)10-6-9(7-13-10)8-4-2-1-3-5-8/h1-5,9-11,13-14H,6-7H2. The van der Waals surface area contributed by atoms with Gasteiger partial charge in [-0.05, 0) is 17.9 Å². The molecule has 2 N–H and O–H groups in total. The summed E-state index contributed by atoms with van der Waals surface area (Å²) >= 11 is 5.63. The van der Waals surface area contributed by atoms with Gasteiger partial charge in [0, 0.05) is 12.6 Å². The SMILES string of the molecule is OC(Cl)C1CC(c2ccccc2)CN1. The van der Waals surface area contributed by atoms with E-state index >= 15 is 0 Å². The molecule has 0 amide bonds. The van der Waals surface area contributed by atoms with Crippen LogP contribution < -0.4 is 5.32 Å². The van der Waals surface area contributed by atoms with E-state index in [-0.39, 0.29) is 6.04 Å². The van der Waals surface area contributed by atoms with Crippen LogP contribution in [0.5, 0.6) is 0 Å². The van der Waals surface area contributed by atoms with Crippen LogP contribution in [-0.4, -0.2) is 23.3 Å². The van der Waals surface area contributed by atoms with Gasteiger partial charge in [0.2, 0.25) is 0 Å². The summed E-state index contributed by atoms with van der Waals surface area (Å²) in [5.41, 5.74) is 0.545. The average Bonchev–Trinajstić information content (AvgIpc) is 2.68. The molecule has 1 fully saturated rings. The van der Waals surface area contributed by atoms with E-state index in [0.717, 1.165) is 13.0 Å². The van der Waals surface area contributed by atoms with Crippen molar-refractivity contribution in [3.05, 3.63) is 35.9 Å². The number of nitrogens with one attached hydrogen (secondary N) is 1. The van der Waals surface area contributed by atoms with E-state index in [9.17, 15) is 5.11 Å². The molecule has 0 aromatic heterocycles. The minimum atomic E-state index is -0.774. The molecule has 1 saturated heterocycles. The van der Waals surface area contributed by atoms with Crippen LogP contribution >= 0.6 is 11.6 Å². The summed E-state index contributed by atoms with van der Waals surface area (Å²) < 4.78 is 0. The van der Waals surface area contributed by atoms with Crippen molar-refractivity contribution >= 4 is 11.6 Å². The van der Waals surface area contributed by atoms with E-state index in [0.29, 0.717) is 5.92 Å². The Bertz CT molecular complexity index is 289. The number of rotatable bonds is 2. The van der Waals surface area contributed by atoms with Gasteiger partial charge in [-0.3, -0.25) is 0 Å². The molecule has 0 saturated carbocycles. The Hall–Kier alpha value is -0.570. The van der Waals surface area contributed by atoms with E-state index in [1.807, 2.05) is 18.2 Å². The summed E-state index contributed by atoms with van der Waals surface area (Å²) in [5.74, 6) is 0.481. The lowest BCUT2D eigenvalue weighted by atomic mass is 9.97. The normalized spacial score (nSPS) is 29.0. The fraction of sp³-hybridized carbons (Fsp3) is 0.455. The largest absolute Gasteiger partial charge is 0.376 e. The van der Waals surface area contributed by atoms with Gasteiger partial charge in [-0.1, -0.05) is 41.9 Å². The molecule has 76 valence electrons. The van der Waals surface area contributed by atoms with Crippen molar-refractivity contribution in [2.75, 3.05) is 6.54 Å². The third kappa shape index (κ3) is 2.08. The van der Waals surface area contributed by atoms with Gasteiger partial charge in [-0.25, -0.2) is 0 Å². The topological polar surface area (TPSA) is 32.3 Å². The number of benzene rings is 1. The van der Waals surface area contributed by atoms with Gasteiger partial charge >= 0.3 is 0 Å². The van der Waals surface area contributed by atoms with E-state index < -0.39 is 5.56 Å². The zero-order valence-electron chi connectivity index (χ0n) is 7.86. The highest BCUT2D eigenvalue weighted by Gasteiger charge is 2.28. The molecule has 0 radical (unpaired) electrons. The highest BCUT2D eigenvalue weighted by Crippen LogP contribution is 2.27. The molecular formula is C11H14ClNO. The van der Waals surface area contributed by atoms with Gasteiger partial charge in [0.1, 0.15) is 5.56 Å². The molecular weight excluding hydrogens is 198 g/mol. The Balaban J connectivity index is 2.03. The minimum Gasteiger partial charge on any atom is -0.376 e. The van der Waals surface area contributed by atoms with Crippen LogP contribution in [0.1, 0.15) is 17.9 Å². The van der Waals surface area contributed by atoms with Gasteiger partial charge in [-0.2, -0.15) is 0 Å². The molecule has 2 rings (SSSR count). The third-order valence-corrected chi connectivity index (χ3v) is 3.07. The first kappa shape index (κ1) is 9.97. The van der Waals surface area contributed by atoms with E-state index in [2.05, 4.69) is 17.4 Å². The van der Waals surface area contributed by atoms with Crippen LogP contribution in [0.2, 0.25) is 0 Å². The molecule has 3 heteroatoms. The Labute approximate surface area is 88.9 Å². The minimum absolute atomic E-state index is 0.0295. The molecule has 1 heterocycles. The van der Waals surface area contributed by atoms with Crippen molar-refractivity contribution < 1.29 is 5.11 Å². The maximum absolute atomic E-state index is 9.22. The number of halogens is 1. The summed E-state index contributed by atoms with van der Waals surface area (Å²) in [6.07, 6.45) is 0.911. The Morgan fingerprint density at radius 2 is 2.07 bits per heavy atom. The van der Waals surface area contributed by atoms with Gasteiger partial charge in [0.05, 0.1) is 0 Å². The molecule has 3 unspecified atom stereocenters. The van der Waals surface area contributed by atoms with Crippen molar-refractivity contribution in [3.8, 4) is 0 Å². The van der Waals surface area contributed by atoms with E-state index in [1.165, 1.54) is 5.56 Å². The van der Waals surface area contributed by atoms with Crippen molar-refractivity contribution in [1.29, 1.82) is 0 Å².